The first-order chi connectivity index (χ1) is 14.9. The highest BCUT2D eigenvalue weighted by Gasteiger charge is 2.30. The number of benzene rings is 3. The standard InChI is InChI=1S/C27H27FO3/c1-4-30-23-15-13-22(14-16-23)27(3,20(2)29)18-8-9-21-12-17-25(28)26(19-21)31-24-10-6-5-7-11-24/h5-17,19H,4,18H2,1-3H3/b9-8-. The minimum absolute atomic E-state index is 0.0773. The second kappa shape index (κ2) is 10.1. The number of rotatable bonds is 9. The summed E-state index contributed by atoms with van der Waals surface area (Å²) in [6.07, 6.45) is 4.34. The molecule has 0 radical (unpaired) electrons. The highest BCUT2D eigenvalue weighted by atomic mass is 19.1. The molecule has 0 aliphatic carbocycles. The summed E-state index contributed by atoms with van der Waals surface area (Å²) in [5.41, 5.74) is 1.07. The van der Waals surface area contributed by atoms with Crippen molar-refractivity contribution >= 4 is 11.9 Å². The predicted molar refractivity (Wildman–Crippen MR) is 122 cm³/mol. The molecule has 0 heterocycles. The van der Waals surface area contributed by atoms with E-state index in [0.29, 0.717) is 18.8 Å². The molecule has 0 aliphatic heterocycles. The van der Waals surface area contributed by atoms with Crippen molar-refractivity contribution in [1.82, 2.24) is 0 Å². The number of ether oxygens (including phenoxy) is 2. The number of Topliss-reactive ketones (excluding diaryl/α,β-unsaturated/α-hetero) is 1. The highest BCUT2D eigenvalue weighted by Crippen LogP contribution is 2.32. The van der Waals surface area contributed by atoms with E-state index < -0.39 is 11.2 Å². The normalized spacial score (nSPS) is 13.0. The van der Waals surface area contributed by atoms with Crippen LogP contribution in [-0.2, 0) is 10.2 Å². The number of hydrogen-bond donors (Lipinski definition) is 0. The molecule has 3 nitrogen and oxygen atoms in total. The summed E-state index contributed by atoms with van der Waals surface area (Å²) >= 11 is 0. The molecule has 3 aromatic carbocycles. The maximum absolute atomic E-state index is 14.2. The van der Waals surface area contributed by atoms with E-state index >= 15 is 0 Å². The third-order valence-electron chi connectivity index (χ3n) is 5.34. The Hall–Kier alpha value is -3.40. The van der Waals surface area contributed by atoms with Crippen molar-refractivity contribution in [3.63, 3.8) is 0 Å². The van der Waals surface area contributed by atoms with Gasteiger partial charge < -0.3 is 9.47 Å². The SMILES string of the molecule is CCOc1ccc(C(C)(C/C=C\c2ccc(F)c(Oc3ccccc3)c2)C(C)=O)cc1. The average molecular weight is 419 g/mol. The highest BCUT2D eigenvalue weighted by molar-refractivity contribution is 5.88. The molecular formula is C27H27FO3. The van der Waals surface area contributed by atoms with Crippen molar-refractivity contribution in [3.05, 3.63) is 95.8 Å². The van der Waals surface area contributed by atoms with E-state index in [1.807, 2.05) is 68.5 Å². The van der Waals surface area contributed by atoms with E-state index in [4.69, 9.17) is 9.47 Å². The van der Waals surface area contributed by atoms with Crippen LogP contribution < -0.4 is 9.47 Å². The Morgan fingerprint density at radius 1 is 1.00 bits per heavy atom. The molecule has 0 bridgehead atoms. The van der Waals surface area contributed by atoms with Crippen LogP contribution in [-0.4, -0.2) is 12.4 Å². The van der Waals surface area contributed by atoms with Crippen LogP contribution in [0, 0.1) is 5.82 Å². The fraction of sp³-hybridized carbons (Fsp3) is 0.222. The molecule has 160 valence electrons. The fourth-order valence-corrected chi connectivity index (χ4v) is 3.30. The maximum atomic E-state index is 14.2. The topological polar surface area (TPSA) is 35.5 Å². The lowest BCUT2D eigenvalue weighted by Gasteiger charge is -2.26. The summed E-state index contributed by atoms with van der Waals surface area (Å²) in [5, 5.41) is 0. The number of hydrogen-bond acceptors (Lipinski definition) is 3. The predicted octanol–water partition coefficient (Wildman–Crippen LogP) is 6.97. The van der Waals surface area contributed by atoms with Gasteiger partial charge in [0, 0.05) is 0 Å². The van der Waals surface area contributed by atoms with Gasteiger partial charge in [0.05, 0.1) is 12.0 Å². The molecule has 3 aromatic rings. The molecule has 0 saturated heterocycles. The Labute approximate surface area is 183 Å². The van der Waals surface area contributed by atoms with Gasteiger partial charge in [-0.05, 0) is 74.7 Å². The lowest BCUT2D eigenvalue weighted by Crippen LogP contribution is -2.29. The summed E-state index contributed by atoms with van der Waals surface area (Å²) in [6.45, 7) is 6.07. The molecule has 1 unspecified atom stereocenters. The van der Waals surface area contributed by atoms with E-state index in [-0.39, 0.29) is 11.5 Å². The maximum Gasteiger partial charge on any atom is 0.165 e. The Morgan fingerprint density at radius 3 is 2.35 bits per heavy atom. The van der Waals surface area contributed by atoms with Crippen LogP contribution in [0.3, 0.4) is 0 Å². The number of allylic oxidation sites excluding steroid dienone is 1. The zero-order valence-electron chi connectivity index (χ0n) is 18.1. The van der Waals surface area contributed by atoms with Gasteiger partial charge in [0.2, 0.25) is 0 Å². The van der Waals surface area contributed by atoms with Crippen molar-refractivity contribution in [3.8, 4) is 17.2 Å². The van der Waals surface area contributed by atoms with E-state index in [1.165, 1.54) is 6.07 Å². The number of para-hydroxylation sites is 1. The lowest BCUT2D eigenvalue weighted by molar-refractivity contribution is -0.121. The van der Waals surface area contributed by atoms with E-state index in [1.54, 1.807) is 31.2 Å². The Balaban J connectivity index is 1.77. The van der Waals surface area contributed by atoms with Gasteiger partial charge in [0.25, 0.3) is 0 Å². The summed E-state index contributed by atoms with van der Waals surface area (Å²) in [4.78, 5) is 12.5. The van der Waals surface area contributed by atoms with Gasteiger partial charge in [-0.25, -0.2) is 4.39 Å². The first kappa shape index (κ1) is 22.3. The van der Waals surface area contributed by atoms with Crippen molar-refractivity contribution < 1.29 is 18.7 Å². The Morgan fingerprint density at radius 2 is 1.71 bits per heavy atom. The number of carbonyl (C=O) groups is 1. The smallest absolute Gasteiger partial charge is 0.165 e. The van der Waals surface area contributed by atoms with Gasteiger partial charge in [-0.1, -0.05) is 48.6 Å². The van der Waals surface area contributed by atoms with Gasteiger partial charge in [0.15, 0.2) is 11.6 Å². The van der Waals surface area contributed by atoms with Crippen molar-refractivity contribution in [2.75, 3.05) is 6.61 Å². The zero-order valence-corrected chi connectivity index (χ0v) is 18.1. The number of halogens is 1. The first-order valence-electron chi connectivity index (χ1n) is 10.4. The van der Waals surface area contributed by atoms with E-state index in [0.717, 1.165) is 16.9 Å². The van der Waals surface area contributed by atoms with E-state index in [2.05, 4.69) is 0 Å². The molecule has 31 heavy (non-hydrogen) atoms. The van der Waals surface area contributed by atoms with Gasteiger partial charge in [-0.15, -0.1) is 0 Å². The van der Waals surface area contributed by atoms with Gasteiger partial charge >= 0.3 is 0 Å². The third-order valence-corrected chi connectivity index (χ3v) is 5.34. The minimum atomic E-state index is -0.662. The van der Waals surface area contributed by atoms with Gasteiger partial charge in [-0.2, -0.15) is 0 Å². The van der Waals surface area contributed by atoms with Gasteiger partial charge in [-0.3, -0.25) is 4.79 Å². The molecule has 0 aliphatic rings. The quantitative estimate of drug-likeness (QED) is 0.376. The monoisotopic (exact) mass is 418 g/mol. The molecule has 0 spiro atoms. The first-order valence-corrected chi connectivity index (χ1v) is 10.4. The van der Waals surface area contributed by atoms with Crippen LogP contribution >= 0.6 is 0 Å². The fourth-order valence-electron chi connectivity index (χ4n) is 3.30. The second-order valence-electron chi connectivity index (χ2n) is 7.56. The van der Waals surface area contributed by atoms with Crippen LogP contribution in [0.25, 0.3) is 6.08 Å². The summed E-state index contributed by atoms with van der Waals surface area (Å²) in [5.74, 6) is 1.17. The lowest BCUT2D eigenvalue weighted by atomic mass is 9.76. The third kappa shape index (κ3) is 5.60. The number of ketones is 1. The van der Waals surface area contributed by atoms with Crippen LogP contribution in [0.4, 0.5) is 4.39 Å². The molecular weight excluding hydrogens is 391 g/mol. The molecule has 0 amide bonds. The summed E-state index contributed by atoms with van der Waals surface area (Å²) in [7, 11) is 0. The van der Waals surface area contributed by atoms with Crippen LogP contribution in [0.5, 0.6) is 17.2 Å². The molecule has 4 heteroatoms. The van der Waals surface area contributed by atoms with Crippen LogP contribution in [0.1, 0.15) is 38.3 Å². The van der Waals surface area contributed by atoms with Crippen LogP contribution in [0.2, 0.25) is 0 Å². The minimum Gasteiger partial charge on any atom is -0.494 e. The van der Waals surface area contributed by atoms with Crippen molar-refractivity contribution in [2.45, 2.75) is 32.6 Å². The van der Waals surface area contributed by atoms with E-state index in [9.17, 15) is 9.18 Å². The van der Waals surface area contributed by atoms with Crippen molar-refractivity contribution in [2.24, 2.45) is 0 Å². The molecule has 0 N–H and O–H groups in total. The summed E-state index contributed by atoms with van der Waals surface area (Å²) in [6, 6.07) is 21.5. The molecule has 3 rings (SSSR count). The number of carbonyl (C=O) groups excluding carboxylic acids is 1. The Kier molecular flexibility index (Phi) is 7.24. The molecule has 0 aromatic heterocycles. The van der Waals surface area contributed by atoms with Gasteiger partial charge in [0.1, 0.15) is 17.3 Å². The molecule has 0 fully saturated rings. The zero-order chi connectivity index (χ0) is 22.3. The van der Waals surface area contributed by atoms with Crippen LogP contribution in [0.15, 0.2) is 78.9 Å². The second-order valence-corrected chi connectivity index (χ2v) is 7.56. The van der Waals surface area contributed by atoms with Crippen molar-refractivity contribution in [1.29, 1.82) is 0 Å². The molecule has 1 atom stereocenters. The summed E-state index contributed by atoms with van der Waals surface area (Å²) < 4.78 is 25.3. The molecule has 0 saturated carbocycles. The Bertz CT molecular complexity index is 1040. The average Bonchev–Trinajstić information content (AvgIpc) is 2.77. The largest absolute Gasteiger partial charge is 0.494 e.